The highest BCUT2D eigenvalue weighted by molar-refractivity contribution is 6.01. The summed E-state index contributed by atoms with van der Waals surface area (Å²) in [5.74, 6) is -2.57. The molecule has 0 spiro atoms. The van der Waals surface area contributed by atoms with Crippen LogP contribution in [0.4, 0.5) is 0 Å². The standard InChI is InChI=1S/C15H23N3O6/c1-9(2)14(15(23)16-3)17-10(19)5-4-6-13(22)24-18-11(20)7-8-12(18)21/h9,14H,4-8H2,1-3H3,(H,16,23)(H,17,19)/t14-/m0/s1. The summed E-state index contributed by atoms with van der Waals surface area (Å²) in [6, 6.07) is -0.644. The Morgan fingerprint density at radius 1 is 1.12 bits per heavy atom. The monoisotopic (exact) mass is 341 g/mol. The van der Waals surface area contributed by atoms with Crippen LogP contribution in [0.25, 0.3) is 0 Å². The molecular weight excluding hydrogens is 318 g/mol. The molecule has 1 rings (SSSR count). The predicted molar refractivity (Wildman–Crippen MR) is 81.9 cm³/mol. The smallest absolute Gasteiger partial charge is 0.333 e. The van der Waals surface area contributed by atoms with Crippen LogP contribution in [-0.4, -0.2) is 47.8 Å². The van der Waals surface area contributed by atoms with Crippen LogP contribution in [-0.2, 0) is 28.8 Å². The summed E-state index contributed by atoms with van der Waals surface area (Å²) in [6.45, 7) is 3.61. The van der Waals surface area contributed by atoms with Gasteiger partial charge in [-0.05, 0) is 12.3 Å². The third kappa shape index (κ3) is 5.64. The van der Waals surface area contributed by atoms with Crippen LogP contribution in [0.1, 0.15) is 46.0 Å². The van der Waals surface area contributed by atoms with Crippen molar-refractivity contribution < 1.29 is 28.8 Å². The molecule has 9 heteroatoms. The van der Waals surface area contributed by atoms with Crippen molar-refractivity contribution in [3.63, 3.8) is 0 Å². The van der Waals surface area contributed by atoms with Gasteiger partial charge in [0.2, 0.25) is 11.8 Å². The second-order valence-corrected chi connectivity index (χ2v) is 5.80. The molecule has 0 saturated carbocycles. The molecule has 4 amide bonds. The Kier molecular flexibility index (Phi) is 7.34. The van der Waals surface area contributed by atoms with Gasteiger partial charge >= 0.3 is 5.97 Å². The first-order chi connectivity index (χ1) is 11.3. The molecule has 0 aromatic carbocycles. The second kappa shape index (κ2) is 8.99. The minimum Gasteiger partial charge on any atom is -0.357 e. The molecule has 1 heterocycles. The van der Waals surface area contributed by atoms with Gasteiger partial charge in [0.05, 0.1) is 0 Å². The highest BCUT2D eigenvalue weighted by Crippen LogP contribution is 2.13. The summed E-state index contributed by atoms with van der Waals surface area (Å²) < 4.78 is 0. The van der Waals surface area contributed by atoms with Gasteiger partial charge in [-0.25, -0.2) is 4.79 Å². The average Bonchev–Trinajstić information content (AvgIpc) is 2.83. The van der Waals surface area contributed by atoms with Crippen LogP contribution in [0.15, 0.2) is 0 Å². The molecule has 1 atom stereocenters. The summed E-state index contributed by atoms with van der Waals surface area (Å²) in [7, 11) is 1.49. The fraction of sp³-hybridized carbons (Fsp3) is 0.667. The fourth-order valence-electron chi connectivity index (χ4n) is 2.13. The Labute approximate surface area is 140 Å². The van der Waals surface area contributed by atoms with Crippen molar-refractivity contribution >= 4 is 29.6 Å². The van der Waals surface area contributed by atoms with Gasteiger partial charge in [0, 0.05) is 32.7 Å². The number of amides is 4. The lowest BCUT2D eigenvalue weighted by Gasteiger charge is -2.20. The van der Waals surface area contributed by atoms with Crippen LogP contribution in [0.3, 0.4) is 0 Å². The van der Waals surface area contributed by atoms with Crippen molar-refractivity contribution in [2.24, 2.45) is 5.92 Å². The molecule has 0 aromatic rings. The summed E-state index contributed by atoms with van der Waals surface area (Å²) in [5.41, 5.74) is 0. The first-order valence-corrected chi connectivity index (χ1v) is 7.83. The van der Waals surface area contributed by atoms with E-state index in [1.165, 1.54) is 7.05 Å². The lowest BCUT2D eigenvalue weighted by molar-refractivity contribution is -0.197. The van der Waals surface area contributed by atoms with Gasteiger partial charge in [-0.1, -0.05) is 13.8 Å². The van der Waals surface area contributed by atoms with Crippen LogP contribution >= 0.6 is 0 Å². The van der Waals surface area contributed by atoms with E-state index < -0.39 is 23.8 Å². The zero-order chi connectivity index (χ0) is 18.3. The number of carbonyl (C=O) groups excluding carboxylic acids is 5. The van der Waals surface area contributed by atoms with E-state index in [2.05, 4.69) is 10.6 Å². The molecule has 1 saturated heterocycles. The maximum atomic E-state index is 11.8. The van der Waals surface area contributed by atoms with Crippen LogP contribution in [0.5, 0.6) is 0 Å². The first kappa shape index (κ1) is 19.6. The number of carbonyl (C=O) groups is 5. The molecule has 134 valence electrons. The first-order valence-electron chi connectivity index (χ1n) is 7.83. The predicted octanol–water partition coefficient (Wildman–Crippen LogP) is -0.349. The van der Waals surface area contributed by atoms with Gasteiger partial charge in [0.15, 0.2) is 0 Å². The van der Waals surface area contributed by atoms with Crippen molar-refractivity contribution in [2.75, 3.05) is 7.05 Å². The second-order valence-electron chi connectivity index (χ2n) is 5.80. The van der Waals surface area contributed by atoms with E-state index >= 15 is 0 Å². The van der Waals surface area contributed by atoms with E-state index in [0.717, 1.165) is 0 Å². The van der Waals surface area contributed by atoms with Crippen molar-refractivity contribution in [1.29, 1.82) is 0 Å². The van der Waals surface area contributed by atoms with Crippen molar-refractivity contribution in [1.82, 2.24) is 15.7 Å². The van der Waals surface area contributed by atoms with Gasteiger partial charge in [-0.2, -0.15) is 0 Å². The van der Waals surface area contributed by atoms with Crippen molar-refractivity contribution in [3.05, 3.63) is 0 Å². The Morgan fingerprint density at radius 3 is 2.21 bits per heavy atom. The Hall–Kier alpha value is -2.45. The third-order valence-electron chi connectivity index (χ3n) is 3.50. The van der Waals surface area contributed by atoms with Crippen LogP contribution in [0.2, 0.25) is 0 Å². The van der Waals surface area contributed by atoms with E-state index in [-0.39, 0.29) is 49.8 Å². The number of nitrogens with one attached hydrogen (secondary N) is 2. The number of nitrogens with zero attached hydrogens (tertiary/aromatic N) is 1. The van der Waals surface area contributed by atoms with Crippen molar-refractivity contribution in [2.45, 2.75) is 52.0 Å². The highest BCUT2D eigenvalue weighted by Gasteiger charge is 2.32. The number of likely N-dealkylation sites (N-methyl/N-ethyl adjacent to an activating group) is 1. The molecule has 1 aliphatic rings. The summed E-state index contributed by atoms with van der Waals surface area (Å²) in [4.78, 5) is 62.4. The van der Waals surface area contributed by atoms with E-state index in [1.807, 2.05) is 13.8 Å². The Bertz CT molecular complexity index is 515. The van der Waals surface area contributed by atoms with E-state index in [9.17, 15) is 24.0 Å². The van der Waals surface area contributed by atoms with Gasteiger partial charge in [-0.15, -0.1) is 5.06 Å². The number of hydrogen-bond donors (Lipinski definition) is 2. The summed E-state index contributed by atoms with van der Waals surface area (Å²) in [5, 5.41) is 5.56. The molecule has 1 fully saturated rings. The average molecular weight is 341 g/mol. The molecule has 0 aliphatic carbocycles. The van der Waals surface area contributed by atoms with Gasteiger partial charge in [0.25, 0.3) is 11.8 Å². The summed E-state index contributed by atoms with van der Waals surface area (Å²) >= 11 is 0. The lowest BCUT2D eigenvalue weighted by atomic mass is 10.0. The Morgan fingerprint density at radius 2 is 1.71 bits per heavy atom. The lowest BCUT2D eigenvalue weighted by Crippen LogP contribution is -2.48. The summed E-state index contributed by atoms with van der Waals surface area (Å²) in [6.07, 6.45) is 0.155. The minimum atomic E-state index is -0.752. The molecule has 1 aliphatic heterocycles. The number of rotatable bonds is 8. The zero-order valence-corrected chi connectivity index (χ0v) is 14.1. The molecule has 9 nitrogen and oxygen atoms in total. The largest absolute Gasteiger partial charge is 0.357 e. The molecule has 0 bridgehead atoms. The topological polar surface area (TPSA) is 122 Å². The van der Waals surface area contributed by atoms with E-state index in [0.29, 0.717) is 5.06 Å². The molecular formula is C15H23N3O6. The number of hydroxylamine groups is 2. The normalized spacial score (nSPS) is 15.4. The van der Waals surface area contributed by atoms with Gasteiger partial charge < -0.3 is 15.5 Å². The number of hydrogen-bond acceptors (Lipinski definition) is 6. The third-order valence-corrected chi connectivity index (χ3v) is 3.50. The van der Waals surface area contributed by atoms with Crippen LogP contribution < -0.4 is 10.6 Å². The molecule has 0 unspecified atom stereocenters. The van der Waals surface area contributed by atoms with Crippen LogP contribution in [0, 0.1) is 5.92 Å². The molecule has 24 heavy (non-hydrogen) atoms. The zero-order valence-electron chi connectivity index (χ0n) is 14.1. The van der Waals surface area contributed by atoms with Gasteiger partial charge in [0.1, 0.15) is 6.04 Å². The van der Waals surface area contributed by atoms with E-state index in [1.54, 1.807) is 0 Å². The van der Waals surface area contributed by atoms with Gasteiger partial charge in [-0.3, -0.25) is 19.2 Å². The molecule has 0 radical (unpaired) electrons. The molecule has 0 aromatic heterocycles. The SMILES string of the molecule is CNC(=O)[C@@H](NC(=O)CCCC(=O)ON1C(=O)CCC1=O)C(C)C. The molecule has 2 N–H and O–H groups in total. The maximum Gasteiger partial charge on any atom is 0.333 e. The quantitative estimate of drug-likeness (QED) is 0.582. The van der Waals surface area contributed by atoms with Crippen molar-refractivity contribution in [3.8, 4) is 0 Å². The van der Waals surface area contributed by atoms with E-state index in [4.69, 9.17) is 4.84 Å². The minimum absolute atomic E-state index is 0.0250. The highest BCUT2D eigenvalue weighted by atomic mass is 16.7. The number of imide groups is 1. The fourth-order valence-corrected chi connectivity index (χ4v) is 2.13. The Balaban J connectivity index is 2.34. The maximum absolute atomic E-state index is 11.8.